The summed E-state index contributed by atoms with van der Waals surface area (Å²) in [5.41, 5.74) is 0. The molecule has 0 fully saturated rings. The first-order valence-electron chi connectivity index (χ1n) is 6.70. The highest BCUT2D eigenvalue weighted by Crippen LogP contribution is 2.28. The Kier molecular flexibility index (Phi) is 5.57. The first kappa shape index (κ1) is 16.5. The molecule has 22 heavy (non-hydrogen) atoms. The van der Waals surface area contributed by atoms with Crippen LogP contribution in [0.2, 0.25) is 10.0 Å². The molecule has 0 spiro atoms. The van der Waals surface area contributed by atoms with Crippen LogP contribution in [0.1, 0.15) is 20.3 Å². The van der Waals surface area contributed by atoms with Gasteiger partial charge in [0.2, 0.25) is 0 Å². The van der Waals surface area contributed by atoms with Gasteiger partial charge in [-0.25, -0.2) is 0 Å². The van der Waals surface area contributed by atoms with Gasteiger partial charge < -0.3 is 4.74 Å². The van der Waals surface area contributed by atoms with Gasteiger partial charge in [-0.2, -0.15) is 4.80 Å². The first-order valence-corrected chi connectivity index (χ1v) is 7.45. The van der Waals surface area contributed by atoms with Crippen LogP contribution in [0.5, 0.6) is 5.75 Å². The summed E-state index contributed by atoms with van der Waals surface area (Å²) in [6.45, 7) is 4.22. The molecule has 0 aliphatic carbocycles. The second-order valence-corrected chi connectivity index (χ2v) is 5.38. The molecule has 1 heterocycles. The molecule has 2 aromatic rings. The fourth-order valence-electron chi connectivity index (χ4n) is 1.61. The lowest BCUT2D eigenvalue weighted by molar-refractivity contribution is -0.122. The highest BCUT2D eigenvalue weighted by atomic mass is 35.5. The maximum atomic E-state index is 12.0. The Labute approximate surface area is 137 Å². The number of benzene rings is 1. The summed E-state index contributed by atoms with van der Waals surface area (Å²) in [5, 5.41) is 14.9. The molecular weight excluding hydrogens is 329 g/mol. The maximum Gasteiger partial charge on any atom is 0.270 e. The van der Waals surface area contributed by atoms with Crippen molar-refractivity contribution in [1.82, 2.24) is 20.2 Å². The highest BCUT2D eigenvalue weighted by Gasteiger charge is 2.18. The molecule has 1 N–H and O–H groups in total. The van der Waals surface area contributed by atoms with Crippen LogP contribution in [0, 0.1) is 0 Å². The lowest BCUT2D eigenvalue weighted by Crippen LogP contribution is -2.30. The van der Waals surface area contributed by atoms with E-state index in [0.717, 1.165) is 6.42 Å². The second kappa shape index (κ2) is 7.42. The van der Waals surface area contributed by atoms with Crippen LogP contribution in [-0.4, -0.2) is 32.2 Å². The van der Waals surface area contributed by atoms with E-state index >= 15 is 0 Å². The number of amides is 1. The molecule has 118 valence electrons. The molecule has 2 rings (SSSR count). The molecule has 0 radical (unpaired) electrons. The van der Waals surface area contributed by atoms with Gasteiger partial charge in [-0.15, -0.1) is 5.10 Å². The third-order valence-corrected chi connectivity index (χ3v) is 3.21. The number of ether oxygens (including phenoxy) is 1. The van der Waals surface area contributed by atoms with Crippen molar-refractivity contribution >= 4 is 35.1 Å². The average molecular weight is 344 g/mol. The minimum absolute atomic E-state index is 0.135. The Balaban J connectivity index is 1.96. The number of anilines is 1. The summed E-state index contributed by atoms with van der Waals surface area (Å²) in [6.07, 6.45) is 0.0926. The van der Waals surface area contributed by atoms with Crippen LogP contribution in [0.15, 0.2) is 18.2 Å². The van der Waals surface area contributed by atoms with Crippen molar-refractivity contribution in [3.05, 3.63) is 28.2 Å². The maximum absolute atomic E-state index is 12.0. The van der Waals surface area contributed by atoms with Crippen LogP contribution >= 0.6 is 23.2 Å². The Morgan fingerprint density at radius 1 is 1.45 bits per heavy atom. The van der Waals surface area contributed by atoms with Gasteiger partial charge in [-0.05, 0) is 36.8 Å². The third-order valence-electron chi connectivity index (χ3n) is 2.68. The van der Waals surface area contributed by atoms with Crippen molar-refractivity contribution in [2.24, 2.45) is 0 Å². The summed E-state index contributed by atoms with van der Waals surface area (Å²) < 4.78 is 5.50. The topological polar surface area (TPSA) is 81.9 Å². The van der Waals surface area contributed by atoms with E-state index in [1.165, 1.54) is 4.80 Å². The number of hydrogen-bond acceptors (Lipinski definition) is 5. The normalized spacial score (nSPS) is 12.0. The van der Waals surface area contributed by atoms with Crippen molar-refractivity contribution in [2.45, 2.75) is 32.9 Å². The molecule has 0 saturated heterocycles. The molecule has 1 aromatic carbocycles. The van der Waals surface area contributed by atoms with Crippen molar-refractivity contribution in [2.75, 3.05) is 5.32 Å². The average Bonchev–Trinajstić information content (AvgIpc) is 2.89. The van der Waals surface area contributed by atoms with E-state index < -0.39 is 12.0 Å². The van der Waals surface area contributed by atoms with Crippen molar-refractivity contribution in [1.29, 1.82) is 0 Å². The SMILES string of the molecule is CCCn1nnc(NC(=O)[C@H](C)Oc2ccc(Cl)cc2Cl)n1. The van der Waals surface area contributed by atoms with E-state index in [1.54, 1.807) is 25.1 Å². The second-order valence-electron chi connectivity index (χ2n) is 4.53. The summed E-state index contributed by atoms with van der Waals surface area (Å²) in [4.78, 5) is 13.5. The van der Waals surface area contributed by atoms with Crippen LogP contribution < -0.4 is 10.1 Å². The predicted octanol–water partition coefficient (Wildman–Crippen LogP) is 2.80. The number of tetrazole rings is 1. The number of aryl methyl sites for hydroxylation is 1. The molecule has 0 saturated carbocycles. The van der Waals surface area contributed by atoms with E-state index in [2.05, 4.69) is 20.7 Å². The molecule has 0 aliphatic rings. The molecule has 1 aromatic heterocycles. The van der Waals surface area contributed by atoms with E-state index in [1.807, 2.05) is 6.92 Å². The lowest BCUT2D eigenvalue weighted by atomic mass is 10.3. The van der Waals surface area contributed by atoms with Crippen LogP contribution in [0.25, 0.3) is 0 Å². The van der Waals surface area contributed by atoms with Gasteiger partial charge in [0.1, 0.15) is 5.75 Å². The summed E-state index contributed by atoms with van der Waals surface area (Å²) in [7, 11) is 0. The Bertz CT molecular complexity index is 662. The number of nitrogens with one attached hydrogen (secondary N) is 1. The number of halogens is 2. The van der Waals surface area contributed by atoms with Gasteiger partial charge in [0.15, 0.2) is 6.10 Å². The third kappa shape index (κ3) is 4.32. The van der Waals surface area contributed by atoms with Gasteiger partial charge in [-0.3, -0.25) is 10.1 Å². The van der Waals surface area contributed by atoms with Gasteiger partial charge in [0.05, 0.1) is 11.6 Å². The molecule has 0 aliphatic heterocycles. The Morgan fingerprint density at radius 3 is 2.91 bits per heavy atom. The van der Waals surface area contributed by atoms with Crippen molar-refractivity contribution in [3.8, 4) is 5.75 Å². The zero-order chi connectivity index (χ0) is 16.1. The number of carbonyl (C=O) groups excluding carboxylic acids is 1. The highest BCUT2D eigenvalue weighted by molar-refractivity contribution is 6.35. The predicted molar refractivity (Wildman–Crippen MR) is 83.3 cm³/mol. The molecule has 1 amide bonds. The van der Waals surface area contributed by atoms with Crippen LogP contribution in [-0.2, 0) is 11.3 Å². The fourth-order valence-corrected chi connectivity index (χ4v) is 2.07. The summed E-state index contributed by atoms with van der Waals surface area (Å²) in [6, 6.07) is 4.77. The smallest absolute Gasteiger partial charge is 0.270 e. The molecule has 7 nitrogen and oxygen atoms in total. The van der Waals surface area contributed by atoms with Crippen molar-refractivity contribution < 1.29 is 9.53 Å². The number of carbonyl (C=O) groups is 1. The fraction of sp³-hybridized carbons (Fsp3) is 0.385. The minimum atomic E-state index is -0.781. The van der Waals surface area contributed by atoms with Crippen molar-refractivity contribution in [3.63, 3.8) is 0 Å². The zero-order valence-corrected chi connectivity index (χ0v) is 13.6. The summed E-state index contributed by atoms with van der Waals surface area (Å²) in [5.74, 6) is 0.106. The molecule has 9 heteroatoms. The number of aromatic nitrogens is 4. The molecule has 0 bridgehead atoms. The van der Waals surface area contributed by atoms with Gasteiger partial charge >= 0.3 is 0 Å². The van der Waals surface area contributed by atoms with E-state index in [0.29, 0.717) is 22.3 Å². The first-order chi connectivity index (χ1) is 10.5. The monoisotopic (exact) mass is 343 g/mol. The van der Waals surface area contributed by atoms with Gasteiger partial charge in [0, 0.05) is 5.02 Å². The van der Waals surface area contributed by atoms with Gasteiger partial charge in [0.25, 0.3) is 11.9 Å². The number of hydrogen-bond donors (Lipinski definition) is 1. The van der Waals surface area contributed by atoms with E-state index in [-0.39, 0.29) is 5.95 Å². The number of nitrogens with zero attached hydrogens (tertiary/aromatic N) is 4. The van der Waals surface area contributed by atoms with E-state index in [9.17, 15) is 4.79 Å². The molecular formula is C13H15Cl2N5O2. The molecule has 1 atom stereocenters. The summed E-state index contributed by atoms with van der Waals surface area (Å²) >= 11 is 11.8. The lowest BCUT2D eigenvalue weighted by Gasteiger charge is -2.14. The quantitative estimate of drug-likeness (QED) is 0.871. The largest absolute Gasteiger partial charge is 0.479 e. The van der Waals surface area contributed by atoms with Gasteiger partial charge in [-0.1, -0.05) is 35.2 Å². The standard InChI is InChI=1S/C13H15Cl2N5O2/c1-3-6-20-18-13(17-19-20)16-12(21)8(2)22-11-5-4-9(14)7-10(11)15/h4-5,7-8H,3,6H2,1-2H3,(H,16,18,21)/t8-/m0/s1. The number of rotatable bonds is 6. The Hall–Kier alpha value is -1.86. The zero-order valence-electron chi connectivity index (χ0n) is 12.1. The Morgan fingerprint density at radius 2 is 2.23 bits per heavy atom. The van der Waals surface area contributed by atoms with E-state index in [4.69, 9.17) is 27.9 Å². The molecule has 0 unspecified atom stereocenters. The van der Waals surface area contributed by atoms with Crippen LogP contribution in [0.3, 0.4) is 0 Å². The minimum Gasteiger partial charge on any atom is -0.479 e. The van der Waals surface area contributed by atoms with Crippen LogP contribution in [0.4, 0.5) is 5.95 Å².